The summed E-state index contributed by atoms with van der Waals surface area (Å²) in [6.07, 6.45) is 19.8. The van der Waals surface area contributed by atoms with E-state index in [2.05, 4.69) is 15.9 Å². The average Bonchev–Trinajstić information content (AvgIpc) is 3.47. The molecule has 0 bridgehead atoms. The van der Waals surface area contributed by atoms with E-state index in [1.54, 1.807) is 9.88 Å². The van der Waals surface area contributed by atoms with Crippen molar-refractivity contribution in [3.8, 4) is 0 Å². The van der Waals surface area contributed by atoms with Crippen LogP contribution < -0.4 is 0 Å². The lowest BCUT2D eigenvalue weighted by atomic mass is 9.88. The SMILES string of the molecule is O=S(=O)(C1C=CC=CC1)N1CCC2(C=C2CN2CCN(CC3CCCCC3)CC2)CC1. The fraction of sp³-hybridized carbons (Fsp3) is 0.760. The minimum absolute atomic E-state index is 0.230. The molecule has 3 aliphatic carbocycles. The minimum Gasteiger partial charge on any atom is -0.301 e. The fourth-order valence-electron chi connectivity index (χ4n) is 6.18. The molecule has 2 heterocycles. The van der Waals surface area contributed by atoms with Crippen LogP contribution in [0.25, 0.3) is 0 Å². The maximum Gasteiger partial charge on any atom is 0.220 e. The highest BCUT2D eigenvalue weighted by Crippen LogP contribution is 2.53. The summed E-state index contributed by atoms with van der Waals surface area (Å²) in [4.78, 5) is 5.32. The maximum atomic E-state index is 13.0. The predicted molar refractivity (Wildman–Crippen MR) is 126 cm³/mol. The van der Waals surface area contributed by atoms with Gasteiger partial charge in [-0.1, -0.05) is 49.6 Å². The minimum atomic E-state index is -3.21. The molecule has 5 rings (SSSR count). The molecule has 5 aliphatic rings. The first-order valence-corrected chi connectivity index (χ1v) is 14.0. The number of allylic oxidation sites excluding steroid dienone is 4. The highest BCUT2D eigenvalue weighted by atomic mass is 32.2. The van der Waals surface area contributed by atoms with Crippen LogP contribution in [0.4, 0.5) is 0 Å². The summed E-state index contributed by atoms with van der Waals surface area (Å²) in [6, 6.07) is 0. The number of sulfonamides is 1. The van der Waals surface area contributed by atoms with Gasteiger partial charge in [-0.15, -0.1) is 0 Å². The van der Waals surface area contributed by atoms with Gasteiger partial charge in [0.25, 0.3) is 0 Å². The van der Waals surface area contributed by atoms with Gasteiger partial charge in [-0.05, 0) is 43.6 Å². The van der Waals surface area contributed by atoms with Crippen LogP contribution in [-0.4, -0.2) is 80.1 Å². The quantitative estimate of drug-likeness (QED) is 0.588. The Labute approximate surface area is 188 Å². The molecular weight excluding hydrogens is 406 g/mol. The third-order valence-electron chi connectivity index (χ3n) is 8.41. The van der Waals surface area contributed by atoms with Gasteiger partial charge in [0.2, 0.25) is 10.0 Å². The molecule has 0 N–H and O–H groups in total. The van der Waals surface area contributed by atoms with Crippen LogP contribution in [0.3, 0.4) is 0 Å². The van der Waals surface area contributed by atoms with E-state index >= 15 is 0 Å². The van der Waals surface area contributed by atoms with Crippen LogP contribution in [0.1, 0.15) is 51.4 Å². The Hall–Kier alpha value is -0.950. The van der Waals surface area contributed by atoms with Crippen molar-refractivity contribution in [3.63, 3.8) is 0 Å². The molecule has 0 amide bonds. The van der Waals surface area contributed by atoms with E-state index in [0.29, 0.717) is 19.5 Å². The Bertz CT molecular complexity index is 825. The van der Waals surface area contributed by atoms with Gasteiger partial charge in [0, 0.05) is 57.8 Å². The molecule has 0 aromatic carbocycles. The zero-order valence-electron chi connectivity index (χ0n) is 18.9. The lowest BCUT2D eigenvalue weighted by Gasteiger charge is -2.38. The van der Waals surface area contributed by atoms with Crippen LogP contribution in [-0.2, 0) is 10.0 Å². The maximum absolute atomic E-state index is 13.0. The van der Waals surface area contributed by atoms with Gasteiger partial charge in [0.15, 0.2) is 0 Å². The molecule has 172 valence electrons. The number of hydrogen-bond donors (Lipinski definition) is 0. The van der Waals surface area contributed by atoms with Crippen LogP contribution in [0.15, 0.2) is 36.0 Å². The second-order valence-corrected chi connectivity index (χ2v) is 12.6. The summed E-state index contributed by atoms with van der Waals surface area (Å²) < 4.78 is 27.7. The summed E-state index contributed by atoms with van der Waals surface area (Å²) in [5, 5.41) is -0.372. The Kier molecular flexibility index (Phi) is 6.44. The molecule has 2 saturated heterocycles. The highest BCUT2D eigenvalue weighted by molar-refractivity contribution is 7.89. The Morgan fingerprint density at radius 3 is 2.29 bits per heavy atom. The van der Waals surface area contributed by atoms with Crippen molar-refractivity contribution >= 4 is 10.0 Å². The topological polar surface area (TPSA) is 43.9 Å². The second-order valence-electron chi connectivity index (χ2n) is 10.4. The summed E-state index contributed by atoms with van der Waals surface area (Å²) in [7, 11) is -3.21. The average molecular weight is 446 g/mol. The van der Waals surface area contributed by atoms with Gasteiger partial charge in [0.1, 0.15) is 0 Å². The first-order chi connectivity index (χ1) is 15.1. The zero-order valence-corrected chi connectivity index (χ0v) is 19.7. The standard InChI is InChI=1S/C25H39N3O2S/c29-31(30,24-9-5-2-6-10-24)28-13-11-25(12-14-28)19-23(25)21-27-17-15-26(16-18-27)20-22-7-3-1-4-8-22/h2,5-6,9,19,22,24H,1,3-4,7-8,10-18,20-21H2. The van der Waals surface area contributed by atoms with Gasteiger partial charge in [-0.3, -0.25) is 4.90 Å². The zero-order chi connectivity index (χ0) is 21.3. The first-order valence-electron chi connectivity index (χ1n) is 12.5. The van der Waals surface area contributed by atoms with Crippen molar-refractivity contribution in [2.45, 2.75) is 56.6 Å². The molecule has 3 fully saturated rings. The molecular formula is C25H39N3O2S. The van der Waals surface area contributed by atoms with Gasteiger partial charge in [-0.2, -0.15) is 0 Å². The highest BCUT2D eigenvalue weighted by Gasteiger charge is 2.48. The van der Waals surface area contributed by atoms with Crippen LogP contribution in [0.2, 0.25) is 0 Å². The van der Waals surface area contributed by atoms with E-state index in [1.165, 1.54) is 64.8 Å². The third-order valence-corrected chi connectivity index (χ3v) is 10.6. The third kappa shape index (κ3) is 4.87. The lowest BCUT2D eigenvalue weighted by Crippen LogP contribution is -2.48. The number of rotatable bonds is 6. The molecule has 6 heteroatoms. The van der Waals surface area contributed by atoms with Gasteiger partial charge in [0.05, 0.1) is 5.25 Å². The fourth-order valence-corrected chi connectivity index (χ4v) is 7.90. The molecule has 1 spiro atoms. The predicted octanol–water partition coefficient (Wildman–Crippen LogP) is 3.42. The van der Waals surface area contributed by atoms with Crippen LogP contribution >= 0.6 is 0 Å². The van der Waals surface area contributed by atoms with E-state index in [0.717, 1.165) is 25.3 Å². The van der Waals surface area contributed by atoms with Crippen molar-refractivity contribution in [1.29, 1.82) is 0 Å². The van der Waals surface area contributed by atoms with E-state index in [4.69, 9.17) is 0 Å². The first kappa shape index (κ1) is 21.9. The smallest absolute Gasteiger partial charge is 0.220 e. The van der Waals surface area contributed by atoms with Crippen LogP contribution in [0, 0.1) is 11.3 Å². The van der Waals surface area contributed by atoms with E-state index in [-0.39, 0.29) is 10.7 Å². The van der Waals surface area contributed by atoms with Crippen molar-refractivity contribution in [2.75, 3.05) is 52.4 Å². The van der Waals surface area contributed by atoms with Gasteiger partial charge in [-0.25, -0.2) is 12.7 Å². The monoisotopic (exact) mass is 445 g/mol. The van der Waals surface area contributed by atoms with Gasteiger partial charge < -0.3 is 4.90 Å². The molecule has 1 atom stereocenters. The Balaban J connectivity index is 1.05. The lowest BCUT2D eigenvalue weighted by molar-refractivity contribution is 0.114. The molecule has 1 unspecified atom stereocenters. The Morgan fingerprint density at radius 2 is 1.61 bits per heavy atom. The largest absolute Gasteiger partial charge is 0.301 e. The Morgan fingerprint density at radius 1 is 0.903 bits per heavy atom. The van der Waals surface area contributed by atoms with Crippen molar-refractivity contribution in [1.82, 2.24) is 14.1 Å². The van der Waals surface area contributed by atoms with E-state index in [1.807, 2.05) is 24.3 Å². The molecule has 5 nitrogen and oxygen atoms in total. The molecule has 2 aliphatic heterocycles. The van der Waals surface area contributed by atoms with Crippen LogP contribution in [0.5, 0.6) is 0 Å². The normalized spacial score (nSPS) is 30.6. The van der Waals surface area contributed by atoms with Crippen molar-refractivity contribution < 1.29 is 8.42 Å². The summed E-state index contributed by atoms with van der Waals surface area (Å²) in [5.41, 5.74) is 1.80. The van der Waals surface area contributed by atoms with E-state index in [9.17, 15) is 8.42 Å². The summed E-state index contributed by atoms with van der Waals surface area (Å²) in [6.45, 7) is 8.55. The summed E-state index contributed by atoms with van der Waals surface area (Å²) >= 11 is 0. The molecule has 31 heavy (non-hydrogen) atoms. The molecule has 0 aromatic heterocycles. The number of hydrogen-bond acceptors (Lipinski definition) is 4. The number of piperazine rings is 1. The number of piperidine rings is 1. The number of nitrogens with zero attached hydrogens (tertiary/aromatic N) is 3. The second kappa shape index (κ2) is 9.12. The molecule has 1 saturated carbocycles. The van der Waals surface area contributed by atoms with Crippen molar-refractivity contribution in [3.05, 3.63) is 36.0 Å². The molecule has 0 aromatic rings. The van der Waals surface area contributed by atoms with Gasteiger partial charge >= 0.3 is 0 Å². The van der Waals surface area contributed by atoms with E-state index < -0.39 is 10.0 Å². The molecule has 0 radical (unpaired) electrons. The summed E-state index contributed by atoms with van der Waals surface area (Å²) in [5.74, 6) is 0.941. The van der Waals surface area contributed by atoms with Crippen molar-refractivity contribution in [2.24, 2.45) is 11.3 Å².